The van der Waals surface area contributed by atoms with Crippen LogP contribution in [-0.4, -0.2) is 80.2 Å². The summed E-state index contributed by atoms with van der Waals surface area (Å²) >= 11 is 0. The Morgan fingerprint density at radius 2 is 1.85 bits per heavy atom. The van der Waals surface area contributed by atoms with Crippen LogP contribution in [0.15, 0.2) is 77.3 Å². The number of ether oxygens (including phenoxy) is 1. The minimum atomic E-state index is -3.79. The van der Waals surface area contributed by atoms with Crippen molar-refractivity contribution in [2.75, 3.05) is 44.9 Å². The van der Waals surface area contributed by atoms with Gasteiger partial charge in [0.25, 0.3) is 5.91 Å². The van der Waals surface area contributed by atoms with Crippen LogP contribution in [0.5, 0.6) is 0 Å². The first-order valence-corrected chi connectivity index (χ1v) is 18.5. The first-order chi connectivity index (χ1) is 24.9. The smallest absolute Gasteiger partial charge is 0.255 e. The normalized spacial score (nSPS) is 15.4. The third-order valence-electron chi connectivity index (χ3n) is 9.87. The first-order valence-electron chi connectivity index (χ1n) is 16.6. The van der Waals surface area contributed by atoms with E-state index in [4.69, 9.17) is 19.1 Å². The number of fused-ring (bicyclic) bond motifs is 6. The van der Waals surface area contributed by atoms with Crippen molar-refractivity contribution in [2.24, 2.45) is 0 Å². The van der Waals surface area contributed by atoms with E-state index in [0.717, 1.165) is 35.9 Å². The Hall–Kier alpha value is -5.44. The number of nitrogens with zero attached hydrogens (tertiary/aromatic N) is 5. The molecule has 11 nitrogen and oxygen atoms in total. The molecule has 14 heteroatoms. The third kappa shape index (κ3) is 5.63. The highest BCUT2D eigenvalue weighted by molar-refractivity contribution is 7.92. The predicted octanol–water partition coefficient (Wildman–Crippen LogP) is 6.37. The van der Waals surface area contributed by atoms with Crippen LogP contribution in [0, 0.1) is 11.6 Å². The fraction of sp³-hybridized carbons (Fsp3) is 0.237. The molecule has 1 aliphatic rings. The van der Waals surface area contributed by atoms with Gasteiger partial charge in [-0.1, -0.05) is 6.07 Å². The Morgan fingerprint density at radius 1 is 1.06 bits per heavy atom. The van der Waals surface area contributed by atoms with Crippen LogP contribution in [0.3, 0.4) is 0 Å². The van der Waals surface area contributed by atoms with Crippen molar-refractivity contribution < 1.29 is 31.1 Å². The molecule has 0 saturated carbocycles. The summed E-state index contributed by atoms with van der Waals surface area (Å²) in [6.07, 6.45) is 3.73. The molecule has 266 valence electrons. The van der Waals surface area contributed by atoms with Crippen molar-refractivity contribution in [3.05, 3.63) is 95.9 Å². The molecule has 0 radical (unpaired) electrons. The molecule has 3 aromatic carbocycles. The molecular formula is C38H34F2N6O5S. The van der Waals surface area contributed by atoms with Gasteiger partial charge in [-0.05, 0) is 61.0 Å². The number of rotatable bonds is 8. The first kappa shape index (κ1) is 33.7. The van der Waals surface area contributed by atoms with Crippen molar-refractivity contribution in [1.82, 2.24) is 24.6 Å². The van der Waals surface area contributed by atoms with E-state index < -0.39 is 21.7 Å². The minimum absolute atomic E-state index is 0.126. The molecule has 52 heavy (non-hydrogen) atoms. The maximum atomic E-state index is 15.3. The van der Waals surface area contributed by atoms with Gasteiger partial charge in [-0.3, -0.25) is 23.4 Å². The van der Waals surface area contributed by atoms with Crippen LogP contribution in [0.2, 0.25) is 0 Å². The van der Waals surface area contributed by atoms with E-state index in [0.29, 0.717) is 56.1 Å². The molecule has 1 saturated heterocycles. The number of aromatic nitrogens is 3. The zero-order valence-corrected chi connectivity index (χ0v) is 29.6. The SMILES string of the molecule is CNC(=O)c1c(-c2ccc(F)cc2)oc2cc(N(C)S(C)(=O)=O)c(-c3cc4c(cn3)nc(CN3CC[C@@H](OC)C3)n3c5cccc(F)c5cc43)cc12. The van der Waals surface area contributed by atoms with Gasteiger partial charge in [-0.2, -0.15) is 0 Å². The van der Waals surface area contributed by atoms with Gasteiger partial charge in [0.2, 0.25) is 10.0 Å². The quantitative estimate of drug-likeness (QED) is 0.192. The molecule has 8 rings (SSSR count). The molecule has 5 heterocycles. The van der Waals surface area contributed by atoms with Gasteiger partial charge in [0.05, 0.1) is 58.6 Å². The molecule has 1 aliphatic heterocycles. The second-order valence-corrected chi connectivity index (χ2v) is 15.0. The summed E-state index contributed by atoms with van der Waals surface area (Å²) in [6.45, 7) is 2.09. The number of hydrogen-bond donors (Lipinski definition) is 1. The van der Waals surface area contributed by atoms with Gasteiger partial charge >= 0.3 is 0 Å². The number of nitrogens with one attached hydrogen (secondary N) is 1. The number of amides is 1. The van der Waals surface area contributed by atoms with Crippen LogP contribution in [0.1, 0.15) is 22.6 Å². The number of halogens is 2. The molecule has 1 atom stereocenters. The number of sulfonamides is 1. The fourth-order valence-electron chi connectivity index (χ4n) is 7.12. The van der Waals surface area contributed by atoms with Gasteiger partial charge in [-0.15, -0.1) is 0 Å². The number of hydrogen-bond acceptors (Lipinski definition) is 8. The Bertz CT molecular complexity index is 2680. The van der Waals surface area contributed by atoms with Crippen molar-refractivity contribution in [1.29, 1.82) is 0 Å². The highest BCUT2D eigenvalue weighted by Gasteiger charge is 2.28. The maximum absolute atomic E-state index is 15.3. The molecule has 0 spiro atoms. The highest BCUT2D eigenvalue weighted by Crippen LogP contribution is 2.42. The lowest BCUT2D eigenvalue weighted by Crippen LogP contribution is -2.25. The Morgan fingerprint density at radius 3 is 2.56 bits per heavy atom. The topological polar surface area (TPSA) is 122 Å². The van der Waals surface area contributed by atoms with Gasteiger partial charge < -0.3 is 14.5 Å². The van der Waals surface area contributed by atoms with Gasteiger partial charge in [0.1, 0.15) is 28.8 Å². The third-order valence-corrected chi connectivity index (χ3v) is 11.1. The maximum Gasteiger partial charge on any atom is 0.255 e. The van der Waals surface area contributed by atoms with E-state index in [9.17, 15) is 17.6 Å². The number of furan rings is 1. The van der Waals surface area contributed by atoms with Gasteiger partial charge in [0.15, 0.2) is 0 Å². The lowest BCUT2D eigenvalue weighted by molar-refractivity contribution is 0.0964. The summed E-state index contributed by atoms with van der Waals surface area (Å²) < 4.78 is 70.0. The average Bonchev–Trinajstić information content (AvgIpc) is 3.86. The Balaban J connectivity index is 1.38. The Labute approximate surface area is 297 Å². The van der Waals surface area contributed by atoms with Crippen LogP contribution in [-0.2, 0) is 21.3 Å². The zero-order valence-electron chi connectivity index (χ0n) is 28.8. The molecule has 1 amide bonds. The van der Waals surface area contributed by atoms with Crippen molar-refractivity contribution in [3.8, 4) is 22.6 Å². The van der Waals surface area contributed by atoms with Crippen molar-refractivity contribution in [3.63, 3.8) is 0 Å². The monoisotopic (exact) mass is 724 g/mol. The van der Waals surface area contributed by atoms with Crippen molar-refractivity contribution >= 4 is 59.9 Å². The number of carbonyl (C=O) groups is 1. The summed E-state index contributed by atoms with van der Waals surface area (Å²) in [4.78, 5) is 25.5. The Kier molecular flexibility index (Phi) is 8.20. The number of anilines is 1. The predicted molar refractivity (Wildman–Crippen MR) is 196 cm³/mol. The zero-order chi connectivity index (χ0) is 36.5. The highest BCUT2D eigenvalue weighted by atomic mass is 32.2. The summed E-state index contributed by atoms with van der Waals surface area (Å²) in [5, 5.41) is 4.16. The average molecular weight is 725 g/mol. The van der Waals surface area contributed by atoms with Crippen LogP contribution in [0.4, 0.5) is 14.5 Å². The molecule has 4 aromatic heterocycles. The molecule has 1 fully saturated rings. The number of pyridine rings is 1. The summed E-state index contributed by atoms with van der Waals surface area (Å²) in [5.74, 6) is -0.351. The second-order valence-electron chi connectivity index (χ2n) is 13.0. The largest absolute Gasteiger partial charge is 0.455 e. The van der Waals surface area contributed by atoms with E-state index in [1.54, 1.807) is 43.6 Å². The molecule has 0 bridgehead atoms. The molecule has 0 aliphatic carbocycles. The minimum Gasteiger partial charge on any atom is -0.455 e. The molecule has 7 aromatic rings. The standard InChI is InChI=1S/C38H34F2N6O5S/c1-41-38(47)36-27-14-25(32(44(2)52(4,48)49)17-34(27)51-37(36)21-8-10-22(39)11-9-21)29-15-26-30(18-42-29)43-35(20-45-13-12-23(19-45)50-3)46-31-7-5-6-28(40)24(31)16-33(26)46/h5-11,14-18,23H,12-13,19-20H2,1-4H3,(H,41,47)/t23-/m1/s1. The fourth-order valence-corrected chi connectivity index (χ4v) is 7.63. The van der Waals surface area contributed by atoms with Gasteiger partial charge in [0, 0.05) is 67.6 Å². The van der Waals surface area contributed by atoms with Crippen molar-refractivity contribution in [2.45, 2.75) is 19.1 Å². The van der Waals surface area contributed by atoms with Gasteiger partial charge in [-0.25, -0.2) is 22.2 Å². The van der Waals surface area contributed by atoms with E-state index in [-0.39, 0.29) is 34.5 Å². The number of carbonyl (C=O) groups excluding carboxylic acids is 1. The lowest BCUT2D eigenvalue weighted by atomic mass is 10.00. The van der Waals surface area contributed by atoms with E-state index in [1.165, 1.54) is 44.4 Å². The molecule has 1 N–H and O–H groups in total. The molecule has 0 unspecified atom stereocenters. The van der Waals surface area contributed by atoms with Crippen LogP contribution < -0.4 is 9.62 Å². The van der Waals surface area contributed by atoms with E-state index >= 15 is 4.39 Å². The van der Waals surface area contributed by atoms with Crippen LogP contribution >= 0.6 is 0 Å². The second kappa shape index (κ2) is 12.7. The van der Waals surface area contributed by atoms with Crippen LogP contribution in [0.25, 0.3) is 60.9 Å². The van der Waals surface area contributed by atoms with E-state index in [1.807, 2.05) is 10.5 Å². The number of benzene rings is 3. The summed E-state index contributed by atoms with van der Waals surface area (Å²) in [6, 6.07) is 17.3. The number of likely N-dealkylation sites (tertiary alicyclic amines) is 1. The summed E-state index contributed by atoms with van der Waals surface area (Å²) in [5.41, 5.74) is 3.88. The lowest BCUT2D eigenvalue weighted by Gasteiger charge is -2.21. The molecular weight excluding hydrogens is 691 g/mol. The summed E-state index contributed by atoms with van der Waals surface area (Å²) in [7, 11) is 0.832. The number of methoxy groups -OCH3 is 1. The van der Waals surface area contributed by atoms with E-state index in [2.05, 4.69) is 10.2 Å².